The van der Waals surface area contributed by atoms with E-state index in [1.807, 2.05) is 17.7 Å². The SMILES string of the molecule is CSBc1ccccc1. The van der Waals surface area contributed by atoms with Crippen LogP contribution in [0.25, 0.3) is 0 Å². The lowest BCUT2D eigenvalue weighted by molar-refractivity contribution is 1.77. The molecule has 1 aromatic rings. The van der Waals surface area contributed by atoms with Crippen LogP contribution in [-0.4, -0.2) is 12.8 Å². The minimum atomic E-state index is 1.13. The van der Waals surface area contributed by atoms with E-state index in [4.69, 9.17) is 0 Å². The largest absolute Gasteiger partial charge is 0.224 e. The Bertz CT molecular complexity index is 162. The molecule has 2 heteroatoms. The van der Waals surface area contributed by atoms with Crippen molar-refractivity contribution in [2.24, 2.45) is 0 Å². The molecule has 0 radical (unpaired) electrons. The standard InChI is InChI=1S/C7H9BS/c1-9-8-7-5-3-2-4-6-7/h2-6,8H,1H3. The van der Waals surface area contributed by atoms with Gasteiger partial charge in [-0.15, -0.1) is 0 Å². The Balaban J connectivity index is 2.61. The van der Waals surface area contributed by atoms with Gasteiger partial charge in [0.25, 0.3) is 0 Å². The molecule has 46 valence electrons. The van der Waals surface area contributed by atoms with Gasteiger partial charge >= 0.3 is 0 Å². The summed E-state index contributed by atoms with van der Waals surface area (Å²) in [6.07, 6.45) is 2.12. The van der Waals surface area contributed by atoms with Gasteiger partial charge in [0.05, 0.1) is 0 Å². The number of hydrogen-bond donors (Lipinski definition) is 0. The number of rotatable bonds is 2. The summed E-state index contributed by atoms with van der Waals surface area (Å²) in [5.74, 6) is 0. The second-order valence-corrected chi connectivity index (χ2v) is 2.78. The van der Waals surface area contributed by atoms with Gasteiger partial charge in [0.2, 0.25) is 6.56 Å². The molecule has 0 saturated carbocycles. The molecule has 0 spiro atoms. The van der Waals surface area contributed by atoms with Crippen molar-refractivity contribution in [2.75, 3.05) is 6.26 Å². The van der Waals surface area contributed by atoms with Crippen molar-refractivity contribution in [1.29, 1.82) is 0 Å². The van der Waals surface area contributed by atoms with Gasteiger partial charge in [0.1, 0.15) is 0 Å². The normalized spacial score (nSPS) is 9.00. The molecule has 0 bridgehead atoms. The average Bonchev–Trinajstić information content (AvgIpc) is 1.91. The Kier molecular flexibility index (Phi) is 2.72. The highest BCUT2D eigenvalue weighted by molar-refractivity contribution is 8.23. The first kappa shape index (κ1) is 6.75. The summed E-state index contributed by atoms with van der Waals surface area (Å²) in [6, 6.07) is 10.5. The van der Waals surface area contributed by atoms with Gasteiger partial charge in [-0.2, -0.15) is 0 Å². The van der Waals surface area contributed by atoms with Crippen molar-refractivity contribution in [3.05, 3.63) is 30.3 Å². The van der Waals surface area contributed by atoms with E-state index < -0.39 is 0 Å². The molecule has 0 nitrogen and oxygen atoms in total. The van der Waals surface area contributed by atoms with E-state index in [9.17, 15) is 0 Å². The molecule has 0 atom stereocenters. The quantitative estimate of drug-likeness (QED) is 0.547. The maximum Gasteiger partial charge on any atom is 0.224 e. The fourth-order valence-corrected chi connectivity index (χ4v) is 1.27. The lowest BCUT2D eigenvalue weighted by atomic mass is 9.95. The first-order valence-electron chi connectivity index (χ1n) is 2.96. The Morgan fingerprint density at radius 3 is 2.44 bits per heavy atom. The van der Waals surface area contributed by atoms with Crippen molar-refractivity contribution in [2.45, 2.75) is 0 Å². The van der Waals surface area contributed by atoms with Gasteiger partial charge in [-0.3, -0.25) is 0 Å². The molecule has 0 amide bonds. The zero-order valence-electron chi connectivity index (χ0n) is 5.50. The van der Waals surface area contributed by atoms with Crippen LogP contribution in [0.5, 0.6) is 0 Å². The summed E-state index contributed by atoms with van der Waals surface area (Å²) in [7, 11) is 0. The average molecular weight is 136 g/mol. The van der Waals surface area contributed by atoms with E-state index in [2.05, 4.69) is 30.5 Å². The molecular weight excluding hydrogens is 127 g/mol. The fraction of sp³-hybridized carbons (Fsp3) is 0.143. The van der Waals surface area contributed by atoms with Gasteiger partial charge in [0.15, 0.2) is 0 Å². The van der Waals surface area contributed by atoms with Crippen LogP contribution < -0.4 is 5.46 Å². The zero-order chi connectivity index (χ0) is 6.53. The molecule has 9 heavy (non-hydrogen) atoms. The van der Waals surface area contributed by atoms with Gasteiger partial charge in [0, 0.05) is 0 Å². The molecule has 0 fully saturated rings. The lowest BCUT2D eigenvalue weighted by Crippen LogP contribution is -2.08. The molecule has 0 saturated heterocycles. The smallest absolute Gasteiger partial charge is 0.212 e. The summed E-state index contributed by atoms with van der Waals surface area (Å²) >= 11 is 1.85. The first-order chi connectivity index (χ1) is 4.43. The van der Waals surface area contributed by atoms with Crippen LogP contribution in [0.3, 0.4) is 0 Å². The molecular formula is C7H9BS. The molecule has 0 heterocycles. The highest BCUT2D eigenvalue weighted by Gasteiger charge is 1.88. The van der Waals surface area contributed by atoms with Gasteiger partial charge < -0.3 is 0 Å². The Hall–Kier alpha value is -0.365. The maximum atomic E-state index is 2.15. The van der Waals surface area contributed by atoms with Crippen molar-refractivity contribution in [1.82, 2.24) is 0 Å². The molecule has 0 aliphatic heterocycles. The molecule has 0 N–H and O–H groups in total. The van der Waals surface area contributed by atoms with Crippen LogP contribution >= 0.6 is 11.6 Å². The summed E-state index contributed by atoms with van der Waals surface area (Å²) in [6.45, 7) is 1.13. The summed E-state index contributed by atoms with van der Waals surface area (Å²) in [5.41, 5.74) is 1.41. The summed E-state index contributed by atoms with van der Waals surface area (Å²) < 4.78 is 0. The fourth-order valence-electron chi connectivity index (χ4n) is 0.741. The Labute approximate surface area is 60.8 Å². The number of benzene rings is 1. The molecule has 1 rings (SSSR count). The van der Waals surface area contributed by atoms with Crippen LogP contribution in [-0.2, 0) is 0 Å². The van der Waals surface area contributed by atoms with Crippen molar-refractivity contribution < 1.29 is 0 Å². The van der Waals surface area contributed by atoms with Gasteiger partial charge in [-0.25, -0.2) is 11.6 Å². The maximum absolute atomic E-state index is 2.15. The molecule has 0 aliphatic carbocycles. The summed E-state index contributed by atoms with van der Waals surface area (Å²) in [4.78, 5) is 0. The van der Waals surface area contributed by atoms with Gasteiger partial charge in [-0.05, 0) is 6.26 Å². The third-order valence-corrected chi connectivity index (χ3v) is 1.78. The van der Waals surface area contributed by atoms with E-state index in [0.29, 0.717) is 0 Å². The first-order valence-corrected chi connectivity index (χ1v) is 4.36. The van der Waals surface area contributed by atoms with Crippen molar-refractivity contribution in [3.63, 3.8) is 0 Å². The third kappa shape index (κ3) is 2.14. The van der Waals surface area contributed by atoms with Crippen LogP contribution in [0.1, 0.15) is 0 Å². The molecule has 0 aliphatic rings. The van der Waals surface area contributed by atoms with Crippen LogP contribution in [0, 0.1) is 0 Å². The third-order valence-electron chi connectivity index (χ3n) is 1.15. The van der Waals surface area contributed by atoms with Crippen molar-refractivity contribution in [3.8, 4) is 0 Å². The number of hydrogen-bond acceptors (Lipinski definition) is 1. The Morgan fingerprint density at radius 2 is 1.89 bits per heavy atom. The topological polar surface area (TPSA) is 0 Å². The monoisotopic (exact) mass is 136 g/mol. The van der Waals surface area contributed by atoms with E-state index in [1.165, 1.54) is 5.46 Å². The lowest BCUT2D eigenvalue weighted by Gasteiger charge is -1.91. The van der Waals surface area contributed by atoms with Crippen LogP contribution in [0.15, 0.2) is 30.3 Å². The highest BCUT2D eigenvalue weighted by Crippen LogP contribution is 1.88. The van der Waals surface area contributed by atoms with Crippen molar-refractivity contribution >= 4 is 23.6 Å². The minimum Gasteiger partial charge on any atom is -0.212 e. The van der Waals surface area contributed by atoms with E-state index in [0.717, 1.165) is 6.56 Å². The predicted octanol–water partition coefficient (Wildman–Crippen LogP) is 1.03. The second-order valence-electron chi connectivity index (χ2n) is 1.92. The molecule has 0 unspecified atom stereocenters. The summed E-state index contributed by atoms with van der Waals surface area (Å²) in [5, 5.41) is 0. The van der Waals surface area contributed by atoms with E-state index in [-0.39, 0.29) is 0 Å². The predicted molar refractivity (Wildman–Crippen MR) is 46.7 cm³/mol. The van der Waals surface area contributed by atoms with E-state index >= 15 is 0 Å². The van der Waals surface area contributed by atoms with Gasteiger partial charge in [-0.1, -0.05) is 35.8 Å². The molecule has 1 aromatic carbocycles. The Morgan fingerprint density at radius 1 is 1.22 bits per heavy atom. The minimum absolute atomic E-state index is 1.13. The zero-order valence-corrected chi connectivity index (χ0v) is 6.32. The second kappa shape index (κ2) is 3.62. The highest BCUT2D eigenvalue weighted by atomic mass is 32.2. The van der Waals surface area contributed by atoms with Crippen LogP contribution in [0.4, 0.5) is 0 Å². The van der Waals surface area contributed by atoms with Crippen LogP contribution in [0.2, 0.25) is 0 Å². The molecule has 0 aromatic heterocycles. The van der Waals surface area contributed by atoms with E-state index in [1.54, 1.807) is 0 Å².